The Bertz CT molecular complexity index is 337. The van der Waals surface area contributed by atoms with E-state index in [1.165, 1.54) is 4.90 Å². The molecule has 1 aromatic rings. The average Bonchev–Trinajstić information content (AvgIpc) is 2.26. The van der Waals surface area contributed by atoms with Gasteiger partial charge in [0.15, 0.2) is 0 Å². The maximum absolute atomic E-state index is 11.1. The second kappa shape index (κ2) is 5.51. The lowest BCUT2D eigenvalue weighted by Crippen LogP contribution is -2.43. The first-order valence-corrected chi connectivity index (χ1v) is 5.24. The molecule has 0 heterocycles. The maximum Gasteiger partial charge on any atom is 0.407 e. The molecule has 1 unspecified atom stereocenters. The summed E-state index contributed by atoms with van der Waals surface area (Å²) in [4.78, 5) is 12.3. The van der Waals surface area contributed by atoms with Crippen molar-refractivity contribution in [3.05, 3.63) is 35.9 Å². The molecule has 1 rings (SSSR count). The fraction of sp³-hybridized carbons (Fsp3) is 0.417. The van der Waals surface area contributed by atoms with Gasteiger partial charge in [-0.1, -0.05) is 30.3 Å². The van der Waals surface area contributed by atoms with Crippen molar-refractivity contribution in [2.75, 3.05) is 0 Å². The molecule has 4 nitrogen and oxygen atoms in total. The molecule has 0 aromatic heterocycles. The minimum Gasteiger partial charge on any atom is -0.465 e. The van der Waals surface area contributed by atoms with Crippen molar-refractivity contribution < 1.29 is 15.0 Å². The summed E-state index contributed by atoms with van der Waals surface area (Å²) in [5.74, 6) is 0. The molecule has 0 fully saturated rings. The Hall–Kier alpha value is -1.55. The monoisotopic (exact) mass is 223 g/mol. The van der Waals surface area contributed by atoms with Gasteiger partial charge in [-0.3, -0.25) is 4.90 Å². The van der Waals surface area contributed by atoms with Crippen LogP contribution in [-0.4, -0.2) is 33.4 Å². The molecule has 16 heavy (non-hydrogen) atoms. The third-order valence-electron chi connectivity index (χ3n) is 2.63. The van der Waals surface area contributed by atoms with Crippen LogP contribution >= 0.6 is 0 Å². The third kappa shape index (κ3) is 3.24. The van der Waals surface area contributed by atoms with Crippen molar-refractivity contribution >= 4 is 6.09 Å². The van der Waals surface area contributed by atoms with Gasteiger partial charge < -0.3 is 10.2 Å². The van der Waals surface area contributed by atoms with Crippen LogP contribution in [0.1, 0.15) is 19.4 Å². The van der Waals surface area contributed by atoms with Gasteiger partial charge in [0.25, 0.3) is 0 Å². The first-order chi connectivity index (χ1) is 7.52. The second-order valence-corrected chi connectivity index (χ2v) is 3.88. The summed E-state index contributed by atoms with van der Waals surface area (Å²) in [5, 5.41) is 18.5. The Morgan fingerprint density at radius 2 is 1.88 bits per heavy atom. The highest BCUT2D eigenvalue weighted by Crippen LogP contribution is 2.11. The van der Waals surface area contributed by atoms with Crippen molar-refractivity contribution in [3.8, 4) is 0 Å². The van der Waals surface area contributed by atoms with Crippen molar-refractivity contribution in [2.45, 2.75) is 32.5 Å². The molecule has 0 saturated carbocycles. The third-order valence-corrected chi connectivity index (χ3v) is 2.63. The number of aliphatic hydroxyl groups excluding tert-OH is 1. The first-order valence-electron chi connectivity index (χ1n) is 5.24. The van der Waals surface area contributed by atoms with E-state index in [0.29, 0.717) is 6.54 Å². The van der Waals surface area contributed by atoms with Crippen LogP contribution in [0.25, 0.3) is 0 Å². The summed E-state index contributed by atoms with van der Waals surface area (Å²) < 4.78 is 0. The zero-order chi connectivity index (χ0) is 12.1. The molecule has 0 aliphatic rings. The summed E-state index contributed by atoms with van der Waals surface area (Å²) in [6.07, 6.45) is -1.70. The highest BCUT2D eigenvalue weighted by atomic mass is 16.4. The number of amides is 1. The standard InChI is InChI=1S/C12H17NO3/c1-9(10(2)14)13(12(15)16)8-11-6-4-3-5-7-11/h3-7,9-10,14H,8H2,1-2H3,(H,15,16)/t9-,10?/m0/s1. The summed E-state index contributed by atoms with van der Waals surface area (Å²) in [6, 6.07) is 8.92. The van der Waals surface area contributed by atoms with Crippen molar-refractivity contribution in [1.29, 1.82) is 0 Å². The molecule has 2 atom stereocenters. The molecule has 0 saturated heterocycles. The van der Waals surface area contributed by atoms with Crippen molar-refractivity contribution in [2.24, 2.45) is 0 Å². The Balaban J connectivity index is 2.77. The van der Waals surface area contributed by atoms with E-state index >= 15 is 0 Å². The van der Waals surface area contributed by atoms with E-state index in [4.69, 9.17) is 5.11 Å². The Morgan fingerprint density at radius 1 is 1.31 bits per heavy atom. The predicted molar refractivity (Wildman–Crippen MR) is 61.2 cm³/mol. The molecule has 0 aliphatic carbocycles. The number of hydrogen-bond donors (Lipinski definition) is 2. The van der Waals surface area contributed by atoms with Gasteiger partial charge in [0, 0.05) is 6.54 Å². The smallest absolute Gasteiger partial charge is 0.407 e. The number of carbonyl (C=O) groups is 1. The van der Waals surface area contributed by atoms with Gasteiger partial charge >= 0.3 is 6.09 Å². The lowest BCUT2D eigenvalue weighted by Gasteiger charge is -2.28. The second-order valence-electron chi connectivity index (χ2n) is 3.88. The summed E-state index contributed by atoms with van der Waals surface area (Å²) in [6.45, 7) is 3.58. The maximum atomic E-state index is 11.1. The minimum absolute atomic E-state index is 0.294. The van der Waals surface area contributed by atoms with Crippen molar-refractivity contribution in [3.63, 3.8) is 0 Å². The first kappa shape index (κ1) is 12.5. The lowest BCUT2D eigenvalue weighted by atomic mass is 10.1. The normalized spacial score (nSPS) is 14.2. The van der Waals surface area contributed by atoms with Crippen LogP contribution < -0.4 is 0 Å². The largest absolute Gasteiger partial charge is 0.465 e. The SMILES string of the molecule is CC(O)[C@H](C)N(Cc1ccccc1)C(=O)O. The number of benzene rings is 1. The van der Waals surface area contributed by atoms with E-state index < -0.39 is 18.2 Å². The quantitative estimate of drug-likeness (QED) is 0.820. The van der Waals surface area contributed by atoms with Crippen LogP contribution in [0.5, 0.6) is 0 Å². The van der Waals surface area contributed by atoms with Crippen LogP contribution in [0, 0.1) is 0 Å². The highest BCUT2D eigenvalue weighted by Gasteiger charge is 2.22. The average molecular weight is 223 g/mol. The molecule has 88 valence electrons. The predicted octanol–water partition coefficient (Wildman–Crippen LogP) is 1.94. The van der Waals surface area contributed by atoms with E-state index in [9.17, 15) is 9.90 Å². The molecule has 1 amide bonds. The molecule has 0 bridgehead atoms. The topological polar surface area (TPSA) is 60.8 Å². The van der Waals surface area contributed by atoms with Gasteiger partial charge in [-0.15, -0.1) is 0 Å². The van der Waals surface area contributed by atoms with Crippen LogP contribution in [0.4, 0.5) is 4.79 Å². The molecule has 4 heteroatoms. The van der Waals surface area contributed by atoms with Gasteiger partial charge in [0.1, 0.15) is 0 Å². The number of aliphatic hydroxyl groups is 1. The number of rotatable bonds is 4. The van der Waals surface area contributed by atoms with Gasteiger partial charge in [0.2, 0.25) is 0 Å². The van der Waals surface area contributed by atoms with Crippen LogP contribution in [0.3, 0.4) is 0 Å². The zero-order valence-electron chi connectivity index (χ0n) is 9.50. The molecular formula is C12H17NO3. The van der Waals surface area contributed by atoms with Crippen LogP contribution in [0.15, 0.2) is 30.3 Å². The summed E-state index contributed by atoms with van der Waals surface area (Å²) in [5.41, 5.74) is 0.914. The van der Waals surface area contributed by atoms with E-state index in [2.05, 4.69) is 0 Å². The molecule has 0 aliphatic heterocycles. The molecule has 2 N–H and O–H groups in total. The highest BCUT2D eigenvalue weighted by molar-refractivity contribution is 5.65. The van der Waals surface area contributed by atoms with Gasteiger partial charge in [-0.05, 0) is 19.4 Å². The van der Waals surface area contributed by atoms with Gasteiger partial charge in [-0.25, -0.2) is 4.79 Å². The fourth-order valence-corrected chi connectivity index (χ4v) is 1.43. The Kier molecular flexibility index (Phi) is 4.31. The van der Waals surface area contributed by atoms with E-state index in [0.717, 1.165) is 5.56 Å². The molecule has 0 radical (unpaired) electrons. The fourth-order valence-electron chi connectivity index (χ4n) is 1.43. The molecule has 1 aromatic carbocycles. The van der Waals surface area contributed by atoms with Crippen molar-refractivity contribution in [1.82, 2.24) is 4.90 Å². The Labute approximate surface area is 95.1 Å². The molecular weight excluding hydrogens is 206 g/mol. The minimum atomic E-state index is -1.02. The van der Waals surface area contributed by atoms with E-state index in [-0.39, 0.29) is 0 Å². The summed E-state index contributed by atoms with van der Waals surface area (Å²) in [7, 11) is 0. The van der Waals surface area contributed by atoms with Crippen LogP contribution in [0.2, 0.25) is 0 Å². The van der Waals surface area contributed by atoms with Crippen LogP contribution in [-0.2, 0) is 6.54 Å². The Morgan fingerprint density at radius 3 is 2.31 bits per heavy atom. The zero-order valence-corrected chi connectivity index (χ0v) is 9.50. The number of carboxylic acid groups (broad SMARTS) is 1. The van der Waals surface area contributed by atoms with E-state index in [1.54, 1.807) is 13.8 Å². The molecule has 0 spiro atoms. The van der Waals surface area contributed by atoms with E-state index in [1.807, 2.05) is 30.3 Å². The number of nitrogens with zero attached hydrogens (tertiary/aromatic N) is 1. The summed E-state index contributed by atoms with van der Waals surface area (Å²) >= 11 is 0. The van der Waals surface area contributed by atoms with Gasteiger partial charge in [-0.2, -0.15) is 0 Å². The van der Waals surface area contributed by atoms with Gasteiger partial charge in [0.05, 0.1) is 12.1 Å². The lowest BCUT2D eigenvalue weighted by molar-refractivity contribution is 0.0615. The number of hydrogen-bond acceptors (Lipinski definition) is 2.